The maximum atomic E-state index is 12.9. The third-order valence-electron chi connectivity index (χ3n) is 4.03. The highest BCUT2D eigenvalue weighted by molar-refractivity contribution is 7.89. The minimum Gasteiger partial charge on any atom is -0.377 e. The zero-order chi connectivity index (χ0) is 17.4. The van der Waals surface area contributed by atoms with E-state index in [0.717, 1.165) is 6.42 Å². The Balaban J connectivity index is 1.67. The molecule has 4 rings (SSSR count). The van der Waals surface area contributed by atoms with Gasteiger partial charge in [-0.05, 0) is 35.3 Å². The number of rotatable bonds is 5. The van der Waals surface area contributed by atoms with E-state index in [4.69, 9.17) is 4.74 Å². The van der Waals surface area contributed by atoms with Crippen molar-refractivity contribution >= 4 is 21.1 Å². The van der Waals surface area contributed by atoms with Crippen LogP contribution in [0.2, 0.25) is 0 Å². The molecule has 1 aromatic carbocycles. The Kier molecular flexibility index (Phi) is 3.98. The first-order valence-corrected chi connectivity index (χ1v) is 9.23. The predicted octanol–water partition coefficient (Wildman–Crippen LogP) is 0.774. The highest BCUT2D eigenvalue weighted by Gasteiger charge is 2.30. The molecule has 0 radical (unpaired) electrons. The molecule has 25 heavy (non-hydrogen) atoms. The maximum Gasteiger partial charge on any atom is 0.243 e. The van der Waals surface area contributed by atoms with Crippen LogP contribution in [0.15, 0.2) is 27.7 Å². The molecule has 0 amide bonds. The van der Waals surface area contributed by atoms with Crippen LogP contribution in [0.3, 0.4) is 0 Å². The van der Waals surface area contributed by atoms with Crippen molar-refractivity contribution in [2.75, 3.05) is 7.11 Å². The Labute approximate surface area is 143 Å². The van der Waals surface area contributed by atoms with Gasteiger partial charge in [0.05, 0.1) is 6.04 Å². The van der Waals surface area contributed by atoms with Gasteiger partial charge in [0.2, 0.25) is 10.0 Å². The van der Waals surface area contributed by atoms with Gasteiger partial charge in [0.15, 0.2) is 11.3 Å². The molecule has 132 valence electrons. The van der Waals surface area contributed by atoms with Crippen LogP contribution >= 0.6 is 0 Å². The summed E-state index contributed by atoms with van der Waals surface area (Å²) in [5.74, 6) is 1.12. The molecule has 0 saturated heterocycles. The summed E-state index contributed by atoms with van der Waals surface area (Å²) in [4.78, 5) is 4.43. The van der Waals surface area contributed by atoms with Crippen molar-refractivity contribution in [3.8, 4) is 0 Å². The fraction of sp³-hybridized carbons (Fsp3) is 0.429. The fourth-order valence-corrected chi connectivity index (χ4v) is 4.33. The van der Waals surface area contributed by atoms with Crippen LogP contribution in [0.25, 0.3) is 11.0 Å². The second-order valence-electron chi connectivity index (χ2n) is 5.75. The molecule has 0 unspecified atom stereocenters. The van der Waals surface area contributed by atoms with E-state index in [9.17, 15) is 8.42 Å². The van der Waals surface area contributed by atoms with E-state index in [2.05, 4.69) is 29.7 Å². The molecule has 1 N–H and O–H groups in total. The SMILES string of the molecule is COCc1nc2n(n1)CCC[C@@H]2NS(=O)(=O)c1cccc2nonc12. The lowest BCUT2D eigenvalue weighted by Gasteiger charge is -2.22. The zero-order valence-corrected chi connectivity index (χ0v) is 14.2. The summed E-state index contributed by atoms with van der Waals surface area (Å²) in [5, 5.41) is 11.7. The van der Waals surface area contributed by atoms with Crippen molar-refractivity contribution < 1.29 is 17.8 Å². The second-order valence-corrected chi connectivity index (χ2v) is 7.43. The van der Waals surface area contributed by atoms with E-state index >= 15 is 0 Å². The smallest absolute Gasteiger partial charge is 0.243 e. The van der Waals surface area contributed by atoms with Crippen molar-refractivity contribution in [3.63, 3.8) is 0 Å². The minimum atomic E-state index is -3.83. The number of ether oxygens (including phenoxy) is 1. The number of nitrogens with zero attached hydrogens (tertiary/aromatic N) is 5. The molecule has 0 saturated carbocycles. The quantitative estimate of drug-likeness (QED) is 0.704. The predicted molar refractivity (Wildman–Crippen MR) is 84.8 cm³/mol. The Morgan fingerprint density at radius 1 is 1.40 bits per heavy atom. The van der Waals surface area contributed by atoms with Crippen molar-refractivity contribution in [3.05, 3.63) is 29.8 Å². The fourth-order valence-electron chi connectivity index (χ4n) is 2.95. The average Bonchev–Trinajstić information content (AvgIpc) is 3.21. The number of aromatic nitrogens is 5. The first-order chi connectivity index (χ1) is 12.1. The summed E-state index contributed by atoms with van der Waals surface area (Å²) in [6.45, 7) is 0.983. The molecule has 2 aromatic heterocycles. The van der Waals surface area contributed by atoms with Gasteiger partial charge in [0.1, 0.15) is 22.8 Å². The molecule has 0 aliphatic carbocycles. The summed E-state index contributed by atoms with van der Waals surface area (Å²) in [7, 11) is -2.26. The third-order valence-corrected chi connectivity index (χ3v) is 5.53. The molecule has 11 heteroatoms. The number of aryl methyl sites for hydroxylation is 1. The summed E-state index contributed by atoms with van der Waals surface area (Å²) >= 11 is 0. The molecule has 3 heterocycles. The Morgan fingerprint density at radius 2 is 2.28 bits per heavy atom. The summed E-state index contributed by atoms with van der Waals surface area (Å²) in [6, 6.07) is 4.24. The van der Waals surface area contributed by atoms with Gasteiger partial charge in [-0.15, -0.1) is 0 Å². The van der Waals surface area contributed by atoms with Gasteiger partial charge in [-0.25, -0.2) is 27.4 Å². The summed E-state index contributed by atoms with van der Waals surface area (Å²) in [5.41, 5.74) is 0.587. The first-order valence-electron chi connectivity index (χ1n) is 7.74. The lowest BCUT2D eigenvalue weighted by atomic mass is 10.1. The van der Waals surface area contributed by atoms with Crippen LogP contribution < -0.4 is 4.72 Å². The van der Waals surface area contributed by atoms with Crippen LogP contribution in [0.1, 0.15) is 30.5 Å². The third kappa shape index (κ3) is 2.90. The molecule has 10 nitrogen and oxygen atoms in total. The molecule has 1 atom stereocenters. The van der Waals surface area contributed by atoms with E-state index in [1.54, 1.807) is 23.9 Å². The van der Waals surface area contributed by atoms with Gasteiger partial charge in [0.25, 0.3) is 0 Å². The average molecular weight is 364 g/mol. The van der Waals surface area contributed by atoms with E-state index in [0.29, 0.717) is 30.1 Å². The van der Waals surface area contributed by atoms with Gasteiger partial charge in [-0.2, -0.15) is 5.10 Å². The Hall–Kier alpha value is -2.37. The number of fused-ring (bicyclic) bond motifs is 2. The standard InChI is InChI=1S/C14H16N6O4S/c1-23-8-12-15-14-10(5-3-7-20(14)16-12)19-25(21,22)11-6-2-4-9-13(11)18-24-17-9/h2,4,6,10,19H,3,5,7-8H2,1H3/t10-/m0/s1. The van der Waals surface area contributed by atoms with Gasteiger partial charge in [-0.1, -0.05) is 6.07 Å². The number of sulfonamides is 1. The van der Waals surface area contributed by atoms with Crippen LogP contribution in [0.4, 0.5) is 0 Å². The second kappa shape index (κ2) is 6.17. The van der Waals surface area contributed by atoms with Crippen molar-refractivity contribution in [2.24, 2.45) is 0 Å². The van der Waals surface area contributed by atoms with E-state index < -0.39 is 16.1 Å². The summed E-state index contributed by atoms with van der Waals surface area (Å²) in [6.07, 6.45) is 1.43. The van der Waals surface area contributed by atoms with Gasteiger partial charge >= 0.3 is 0 Å². The minimum absolute atomic E-state index is 0.0278. The molecular weight excluding hydrogens is 348 g/mol. The number of nitrogens with one attached hydrogen (secondary N) is 1. The van der Waals surface area contributed by atoms with E-state index in [1.165, 1.54) is 6.07 Å². The number of hydrogen-bond donors (Lipinski definition) is 1. The lowest BCUT2D eigenvalue weighted by Crippen LogP contribution is -2.33. The van der Waals surface area contributed by atoms with Crippen molar-refractivity contribution in [1.29, 1.82) is 0 Å². The monoisotopic (exact) mass is 364 g/mol. The Bertz CT molecular complexity index is 1010. The summed E-state index contributed by atoms with van der Waals surface area (Å²) < 4.78 is 39.8. The largest absolute Gasteiger partial charge is 0.377 e. The lowest BCUT2D eigenvalue weighted by molar-refractivity contribution is 0.177. The van der Waals surface area contributed by atoms with Gasteiger partial charge in [0, 0.05) is 13.7 Å². The molecular formula is C14H16N6O4S. The first kappa shape index (κ1) is 16.1. The van der Waals surface area contributed by atoms with E-state index in [-0.39, 0.29) is 17.0 Å². The molecule has 0 bridgehead atoms. The molecule has 1 aliphatic rings. The normalized spacial score (nSPS) is 17.7. The molecule has 1 aliphatic heterocycles. The number of hydrogen-bond acceptors (Lipinski definition) is 8. The van der Waals surface area contributed by atoms with Crippen molar-refractivity contribution in [1.82, 2.24) is 29.8 Å². The van der Waals surface area contributed by atoms with Gasteiger partial charge < -0.3 is 4.74 Å². The highest BCUT2D eigenvalue weighted by atomic mass is 32.2. The maximum absolute atomic E-state index is 12.9. The highest BCUT2D eigenvalue weighted by Crippen LogP contribution is 2.27. The van der Waals surface area contributed by atoms with Gasteiger partial charge in [-0.3, -0.25) is 0 Å². The van der Waals surface area contributed by atoms with Crippen LogP contribution in [0, 0.1) is 0 Å². The molecule has 0 spiro atoms. The van der Waals surface area contributed by atoms with E-state index in [1.807, 2.05) is 0 Å². The van der Waals surface area contributed by atoms with Crippen molar-refractivity contribution in [2.45, 2.75) is 36.9 Å². The topological polar surface area (TPSA) is 125 Å². The molecule has 0 fully saturated rings. The Morgan fingerprint density at radius 3 is 3.12 bits per heavy atom. The number of benzene rings is 1. The molecule has 3 aromatic rings. The number of methoxy groups -OCH3 is 1. The van der Waals surface area contributed by atoms with Crippen LogP contribution in [-0.2, 0) is 27.9 Å². The van der Waals surface area contributed by atoms with Crippen LogP contribution in [0.5, 0.6) is 0 Å². The van der Waals surface area contributed by atoms with Crippen LogP contribution in [-0.4, -0.2) is 40.6 Å². The zero-order valence-electron chi connectivity index (χ0n) is 13.4.